The van der Waals surface area contributed by atoms with Gasteiger partial charge in [-0.3, -0.25) is 9.78 Å². The lowest BCUT2D eigenvalue weighted by Gasteiger charge is -2.07. The number of ether oxygens (including phenoxy) is 1. The second-order valence-electron chi connectivity index (χ2n) is 6.47. The molecule has 1 aromatic carbocycles. The van der Waals surface area contributed by atoms with Gasteiger partial charge in [-0.15, -0.1) is 0 Å². The van der Waals surface area contributed by atoms with Crippen LogP contribution < -0.4 is 10.1 Å². The van der Waals surface area contributed by atoms with E-state index in [0.717, 1.165) is 22.6 Å². The number of hydrogen-bond acceptors (Lipinski definition) is 4. The molecule has 0 saturated carbocycles. The van der Waals surface area contributed by atoms with Gasteiger partial charge in [-0.05, 0) is 55.0 Å². The average Bonchev–Trinajstić information content (AvgIpc) is 3.16. The lowest BCUT2D eigenvalue weighted by atomic mass is 10.2. The van der Waals surface area contributed by atoms with Gasteiger partial charge in [-0.25, -0.2) is 4.98 Å². The van der Waals surface area contributed by atoms with Gasteiger partial charge in [0.15, 0.2) is 0 Å². The topological polar surface area (TPSA) is 68.5 Å². The molecule has 0 spiro atoms. The molecule has 1 amide bonds. The van der Waals surface area contributed by atoms with Crippen LogP contribution in [-0.4, -0.2) is 20.3 Å². The first-order chi connectivity index (χ1) is 13.7. The Morgan fingerprint density at radius 1 is 1.07 bits per heavy atom. The molecular weight excluding hydrogens is 352 g/mol. The average molecular weight is 372 g/mol. The predicted octanol–water partition coefficient (Wildman–Crippen LogP) is 3.55. The number of benzene rings is 1. The maximum absolute atomic E-state index is 12.2. The summed E-state index contributed by atoms with van der Waals surface area (Å²) in [5.74, 6) is 0.545. The molecule has 0 saturated heterocycles. The Labute approximate surface area is 162 Å². The van der Waals surface area contributed by atoms with Crippen LogP contribution in [-0.2, 0) is 13.2 Å². The summed E-state index contributed by atoms with van der Waals surface area (Å²) < 4.78 is 7.80. The van der Waals surface area contributed by atoms with Crippen molar-refractivity contribution >= 4 is 11.6 Å². The van der Waals surface area contributed by atoms with Crippen molar-refractivity contribution in [1.82, 2.24) is 19.7 Å². The van der Waals surface area contributed by atoms with Gasteiger partial charge in [0.1, 0.15) is 18.0 Å². The number of imidazole rings is 1. The van der Waals surface area contributed by atoms with Crippen molar-refractivity contribution in [2.24, 2.45) is 0 Å². The number of nitrogens with zero attached hydrogens (tertiary/aromatic N) is 3. The molecule has 1 N–H and O–H groups in total. The van der Waals surface area contributed by atoms with Crippen LogP contribution in [0.4, 0.5) is 0 Å². The van der Waals surface area contributed by atoms with Crippen molar-refractivity contribution in [1.29, 1.82) is 0 Å². The third kappa shape index (κ3) is 4.01. The molecule has 3 aromatic heterocycles. The minimum Gasteiger partial charge on any atom is -0.487 e. The van der Waals surface area contributed by atoms with Crippen LogP contribution in [0, 0.1) is 6.92 Å². The Kier molecular flexibility index (Phi) is 5.01. The van der Waals surface area contributed by atoms with Gasteiger partial charge in [0.05, 0.1) is 17.9 Å². The molecule has 4 aromatic rings. The largest absolute Gasteiger partial charge is 0.487 e. The molecular formula is C22H20N4O2. The molecule has 0 aliphatic heterocycles. The molecule has 0 atom stereocenters. The van der Waals surface area contributed by atoms with Crippen molar-refractivity contribution in [2.75, 3.05) is 0 Å². The first-order valence-electron chi connectivity index (χ1n) is 9.03. The number of aryl methyl sites for hydroxylation is 1. The summed E-state index contributed by atoms with van der Waals surface area (Å²) in [5, 5.41) is 2.86. The van der Waals surface area contributed by atoms with Gasteiger partial charge < -0.3 is 14.5 Å². The lowest BCUT2D eigenvalue weighted by Crippen LogP contribution is -2.23. The number of rotatable bonds is 6. The maximum atomic E-state index is 12.2. The molecule has 0 aliphatic carbocycles. The van der Waals surface area contributed by atoms with Crippen molar-refractivity contribution in [3.63, 3.8) is 0 Å². The van der Waals surface area contributed by atoms with Crippen LogP contribution in [0.2, 0.25) is 0 Å². The predicted molar refractivity (Wildman–Crippen MR) is 106 cm³/mol. The molecule has 0 bridgehead atoms. The van der Waals surface area contributed by atoms with Gasteiger partial charge >= 0.3 is 0 Å². The number of pyridine rings is 2. The first kappa shape index (κ1) is 17.7. The Hall–Kier alpha value is -3.67. The molecule has 6 nitrogen and oxygen atoms in total. The number of aromatic nitrogens is 3. The van der Waals surface area contributed by atoms with Gasteiger partial charge in [0.2, 0.25) is 0 Å². The molecule has 0 unspecified atom stereocenters. The number of nitrogens with one attached hydrogen (secondary N) is 1. The van der Waals surface area contributed by atoms with Gasteiger partial charge in [-0.2, -0.15) is 0 Å². The zero-order valence-electron chi connectivity index (χ0n) is 15.5. The van der Waals surface area contributed by atoms with Crippen LogP contribution >= 0.6 is 0 Å². The Bertz CT molecular complexity index is 1090. The Morgan fingerprint density at radius 2 is 1.93 bits per heavy atom. The molecule has 0 fully saturated rings. The number of fused-ring (bicyclic) bond motifs is 1. The molecule has 28 heavy (non-hydrogen) atoms. The lowest BCUT2D eigenvalue weighted by molar-refractivity contribution is 0.0950. The number of amides is 1. The molecule has 0 radical (unpaired) electrons. The van der Waals surface area contributed by atoms with Crippen LogP contribution in [0.5, 0.6) is 5.75 Å². The highest BCUT2D eigenvalue weighted by molar-refractivity contribution is 5.94. The third-order valence-corrected chi connectivity index (χ3v) is 4.39. The zero-order chi connectivity index (χ0) is 19.3. The van der Waals surface area contributed by atoms with E-state index in [9.17, 15) is 4.79 Å². The minimum atomic E-state index is -0.145. The number of carbonyl (C=O) groups excluding carboxylic acids is 1. The highest BCUT2D eigenvalue weighted by Crippen LogP contribution is 2.15. The first-order valence-corrected chi connectivity index (χ1v) is 9.03. The summed E-state index contributed by atoms with van der Waals surface area (Å²) in [6.07, 6.45) is 5.64. The molecule has 0 aliphatic rings. The molecule has 6 heteroatoms. The van der Waals surface area contributed by atoms with Crippen molar-refractivity contribution < 1.29 is 9.53 Å². The highest BCUT2D eigenvalue weighted by Gasteiger charge is 2.07. The number of hydrogen-bond donors (Lipinski definition) is 1. The monoisotopic (exact) mass is 372 g/mol. The van der Waals surface area contributed by atoms with E-state index in [1.165, 1.54) is 0 Å². The highest BCUT2D eigenvalue weighted by atomic mass is 16.5. The summed E-state index contributed by atoms with van der Waals surface area (Å²) in [5.41, 5.74) is 4.30. The smallest absolute Gasteiger partial charge is 0.251 e. The number of carbonyl (C=O) groups is 1. The van der Waals surface area contributed by atoms with Gasteiger partial charge in [0, 0.05) is 24.2 Å². The summed E-state index contributed by atoms with van der Waals surface area (Å²) in [4.78, 5) is 21.0. The summed E-state index contributed by atoms with van der Waals surface area (Å²) in [6.45, 7) is 2.79. The van der Waals surface area contributed by atoms with Crippen molar-refractivity contribution in [3.8, 4) is 5.75 Å². The third-order valence-electron chi connectivity index (χ3n) is 4.39. The summed E-state index contributed by atoms with van der Waals surface area (Å²) >= 11 is 0. The second-order valence-corrected chi connectivity index (χ2v) is 6.47. The van der Waals surface area contributed by atoms with Gasteiger partial charge in [-0.1, -0.05) is 12.1 Å². The molecule has 3 heterocycles. The van der Waals surface area contributed by atoms with E-state index in [1.807, 2.05) is 54.0 Å². The van der Waals surface area contributed by atoms with Gasteiger partial charge in [0.25, 0.3) is 5.91 Å². The van der Waals surface area contributed by atoms with E-state index in [0.29, 0.717) is 24.5 Å². The Balaban J connectivity index is 1.34. The molecule has 4 rings (SSSR count). The van der Waals surface area contributed by atoms with Crippen LogP contribution in [0.3, 0.4) is 0 Å². The standard InChI is InChI=1S/C22H20N4O2/c1-16-5-4-12-26-14-19(25-21(16)26)15-28-20-9-7-17(8-10-20)22(27)24-13-18-6-2-3-11-23-18/h2-12,14H,13,15H2,1H3,(H,24,27). The minimum absolute atomic E-state index is 0.145. The van der Waals surface area contributed by atoms with Crippen molar-refractivity contribution in [3.05, 3.63) is 95.7 Å². The second kappa shape index (κ2) is 7.92. The summed E-state index contributed by atoms with van der Waals surface area (Å²) in [6, 6.07) is 16.7. The normalized spacial score (nSPS) is 10.8. The van der Waals surface area contributed by atoms with Crippen LogP contribution in [0.25, 0.3) is 5.65 Å². The van der Waals surface area contributed by atoms with E-state index in [4.69, 9.17) is 4.74 Å². The molecule has 140 valence electrons. The van der Waals surface area contributed by atoms with Crippen LogP contribution in [0.15, 0.2) is 73.2 Å². The summed E-state index contributed by atoms with van der Waals surface area (Å²) in [7, 11) is 0. The van der Waals surface area contributed by atoms with Crippen molar-refractivity contribution in [2.45, 2.75) is 20.1 Å². The van der Waals surface area contributed by atoms with E-state index >= 15 is 0 Å². The van der Waals surface area contributed by atoms with E-state index in [2.05, 4.69) is 15.3 Å². The maximum Gasteiger partial charge on any atom is 0.251 e. The zero-order valence-corrected chi connectivity index (χ0v) is 15.5. The Morgan fingerprint density at radius 3 is 2.68 bits per heavy atom. The fourth-order valence-corrected chi connectivity index (χ4v) is 2.91. The fraction of sp³-hybridized carbons (Fsp3) is 0.136. The fourth-order valence-electron chi connectivity index (χ4n) is 2.91. The van der Waals surface area contributed by atoms with Crippen LogP contribution in [0.1, 0.15) is 27.3 Å². The van der Waals surface area contributed by atoms with E-state index in [1.54, 1.807) is 30.5 Å². The van der Waals surface area contributed by atoms with E-state index in [-0.39, 0.29) is 5.91 Å². The quantitative estimate of drug-likeness (QED) is 0.562. The SMILES string of the molecule is Cc1cccn2cc(COc3ccc(C(=O)NCc4ccccn4)cc3)nc12. The van der Waals surface area contributed by atoms with E-state index < -0.39 is 0 Å².